The second-order valence-corrected chi connectivity index (χ2v) is 5.25. The van der Waals surface area contributed by atoms with Gasteiger partial charge in [0.2, 0.25) is 0 Å². The van der Waals surface area contributed by atoms with Crippen LogP contribution < -0.4 is 10.1 Å². The highest BCUT2D eigenvalue weighted by Gasteiger charge is 2.10. The van der Waals surface area contributed by atoms with Gasteiger partial charge in [-0.25, -0.2) is 0 Å². The Balaban J connectivity index is 1.84. The van der Waals surface area contributed by atoms with E-state index in [9.17, 15) is 5.11 Å². The molecule has 2 rings (SSSR count). The van der Waals surface area contributed by atoms with Crippen LogP contribution in [0.5, 0.6) is 5.75 Å². The Morgan fingerprint density at radius 2 is 1.86 bits per heavy atom. The molecular formula is C18H23NO2. The molecule has 0 spiro atoms. The lowest BCUT2D eigenvalue weighted by Crippen LogP contribution is -2.30. The lowest BCUT2D eigenvalue weighted by molar-refractivity contribution is 0.168. The molecule has 0 saturated carbocycles. The van der Waals surface area contributed by atoms with Crippen LogP contribution in [0, 0.1) is 0 Å². The van der Waals surface area contributed by atoms with E-state index in [2.05, 4.69) is 18.3 Å². The molecule has 0 amide bonds. The summed E-state index contributed by atoms with van der Waals surface area (Å²) in [6, 6.07) is 18.2. The zero-order chi connectivity index (χ0) is 15.1. The number of aliphatic hydroxyl groups excluding tert-OH is 1. The SMILES string of the molecule is COc1cccc(C(C)NCC(O)Cc2ccccc2)c1. The van der Waals surface area contributed by atoms with Crippen LogP contribution in [0.2, 0.25) is 0 Å². The highest BCUT2D eigenvalue weighted by Crippen LogP contribution is 2.18. The molecule has 2 atom stereocenters. The summed E-state index contributed by atoms with van der Waals surface area (Å²) in [6.45, 7) is 2.65. The number of nitrogens with one attached hydrogen (secondary N) is 1. The van der Waals surface area contributed by atoms with Crippen molar-refractivity contribution in [2.24, 2.45) is 0 Å². The van der Waals surface area contributed by atoms with E-state index in [1.54, 1.807) is 7.11 Å². The Kier molecular flexibility index (Phi) is 5.78. The predicted molar refractivity (Wildman–Crippen MR) is 85.6 cm³/mol. The summed E-state index contributed by atoms with van der Waals surface area (Å²) in [7, 11) is 1.67. The van der Waals surface area contributed by atoms with Gasteiger partial charge in [0.05, 0.1) is 13.2 Å². The van der Waals surface area contributed by atoms with Gasteiger partial charge < -0.3 is 15.2 Å². The largest absolute Gasteiger partial charge is 0.497 e. The number of hydrogen-bond acceptors (Lipinski definition) is 3. The van der Waals surface area contributed by atoms with E-state index in [4.69, 9.17) is 4.74 Å². The van der Waals surface area contributed by atoms with Crippen molar-refractivity contribution in [3.05, 3.63) is 65.7 Å². The maximum absolute atomic E-state index is 10.1. The first-order chi connectivity index (χ1) is 10.2. The Bertz CT molecular complexity index is 542. The van der Waals surface area contributed by atoms with Gasteiger partial charge in [-0.2, -0.15) is 0 Å². The van der Waals surface area contributed by atoms with Crippen molar-refractivity contribution in [1.82, 2.24) is 5.32 Å². The fourth-order valence-electron chi connectivity index (χ4n) is 2.30. The van der Waals surface area contributed by atoms with Crippen LogP contribution in [0.3, 0.4) is 0 Å². The van der Waals surface area contributed by atoms with E-state index in [1.807, 2.05) is 48.5 Å². The third-order valence-electron chi connectivity index (χ3n) is 3.57. The summed E-state index contributed by atoms with van der Waals surface area (Å²) in [4.78, 5) is 0. The number of ether oxygens (including phenoxy) is 1. The maximum atomic E-state index is 10.1. The minimum absolute atomic E-state index is 0.172. The lowest BCUT2D eigenvalue weighted by Gasteiger charge is -2.18. The number of methoxy groups -OCH3 is 1. The summed E-state index contributed by atoms with van der Waals surface area (Å²) in [5.41, 5.74) is 2.31. The molecule has 0 aliphatic carbocycles. The normalized spacial score (nSPS) is 13.7. The highest BCUT2D eigenvalue weighted by atomic mass is 16.5. The van der Waals surface area contributed by atoms with Gasteiger partial charge in [-0.1, -0.05) is 42.5 Å². The smallest absolute Gasteiger partial charge is 0.119 e. The van der Waals surface area contributed by atoms with Gasteiger partial charge in [-0.05, 0) is 36.6 Å². The average Bonchev–Trinajstić information content (AvgIpc) is 2.53. The zero-order valence-corrected chi connectivity index (χ0v) is 12.6. The van der Waals surface area contributed by atoms with Gasteiger partial charge in [0, 0.05) is 12.6 Å². The molecule has 0 saturated heterocycles. The molecule has 112 valence electrons. The Hall–Kier alpha value is -1.84. The van der Waals surface area contributed by atoms with E-state index < -0.39 is 0 Å². The van der Waals surface area contributed by atoms with Crippen LogP contribution in [0.25, 0.3) is 0 Å². The molecule has 0 bridgehead atoms. The minimum Gasteiger partial charge on any atom is -0.497 e. The Morgan fingerprint density at radius 1 is 1.10 bits per heavy atom. The fraction of sp³-hybridized carbons (Fsp3) is 0.333. The molecule has 0 aliphatic heterocycles. The van der Waals surface area contributed by atoms with Crippen LogP contribution in [-0.2, 0) is 6.42 Å². The first-order valence-electron chi connectivity index (χ1n) is 7.28. The second kappa shape index (κ2) is 7.81. The number of hydrogen-bond donors (Lipinski definition) is 2. The van der Waals surface area contributed by atoms with Crippen molar-refractivity contribution in [1.29, 1.82) is 0 Å². The van der Waals surface area contributed by atoms with Gasteiger partial charge in [-0.15, -0.1) is 0 Å². The first kappa shape index (κ1) is 15.5. The molecule has 0 aromatic heterocycles. The third kappa shape index (κ3) is 4.88. The molecule has 2 unspecified atom stereocenters. The molecule has 0 aliphatic rings. The average molecular weight is 285 g/mol. The van der Waals surface area contributed by atoms with E-state index in [-0.39, 0.29) is 12.1 Å². The summed E-state index contributed by atoms with van der Waals surface area (Å²) in [5, 5.41) is 13.5. The molecule has 0 radical (unpaired) electrons. The van der Waals surface area contributed by atoms with Gasteiger partial charge in [0.25, 0.3) is 0 Å². The van der Waals surface area contributed by atoms with Gasteiger partial charge in [0.15, 0.2) is 0 Å². The Labute approximate surface area is 126 Å². The fourth-order valence-corrected chi connectivity index (χ4v) is 2.30. The van der Waals surface area contributed by atoms with Crippen LogP contribution in [0.15, 0.2) is 54.6 Å². The quantitative estimate of drug-likeness (QED) is 0.822. The van der Waals surface area contributed by atoms with E-state index in [0.717, 1.165) is 16.9 Å². The molecule has 21 heavy (non-hydrogen) atoms. The molecular weight excluding hydrogens is 262 g/mol. The topological polar surface area (TPSA) is 41.5 Å². The van der Waals surface area contributed by atoms with Gasteiger partial charge in [0.1, 0.15) is 5.75 Å². The van der Waals surface area contributed by atoms with Crippen molar-refractivity contribution in [3.8, 4) is 5.75 Å². The molecule has 0 fully saturated rings. The molecule has 3 nitrogen and oxygen atoms in total. The van der Waals surface area contributed by atoms with Crippen LogP contribution in [-0.4, -0.2) is 24.9 Å². The summed E-state index contributed by atoms with van der Waals surface area (Å²) >= 11 is 0. The number of benzene rings is 2. The van der Waals surface area contributed by atoms with E-state index >= 15 is 0 Å². The van der Waals surface area contributed by atoms with Crippen molar-refractivity contribution < 1.29 is 9.84 Å². The van der Waals surface area contributed by atoms with Crippen LogP contribution >= 0.6 is 0 Å². The van der Waals surface area contributed by atoms with Crippen LogP contribution in [0.1, 0.15) is 24.1 Å². The maximum Gasteiger partial charge on any atom is 0.119 e. The lowest BCUT2D eigenvalue weighted by atomic mass is 10.1. The van der Waals surface area contributed by atoms with E-state index in [1.165, 1.54) is 0 Å². The highest BCUT2D eigenvalue weighted by molar-refractivity contribution is 5.30. The molecule has 2 aromatic carbocycles. The third-order valence-corrected chi connectivity index (χ3v) is 3.57. The number of aliphatic hydroxyl groups is 1. The summed E-state index contributed by atoms with van der Waals surface area (Å²) < 4.78 is 5.23. The van der Waals surface area contributed by atoms with Crippen molar-refractivity contribution in [3.63, 3.8) is 0 Å². The molecule has 2 aromatic rings. The van der Waals surface area contributed by atoms with Crippen molar-refractivity contribution in [2.45, 2.75) is 25.5 Å². The minimum atomic E-state index is -0.388. The van der Waals surface area contributed by atoms with Crippen molar-refractivity contribution in [2.75, 3.05) is 13.7 Å². The zero-order valence-electron chi connectivity index (χ0n) is 12.6. The number of rotatable bonds is 7. The summed E-state index contributed by atoms with van der Waals surface area (Å²) in [6.07, 6.45) is 0.277. The summed E-state index contributed by atoms with van der Waals surface area (Å²) in [5.74, 6) is 0.853. The molecule has 0 heterocycles. The first-order valence-corrected chi connectivity index (χ1v) is 7.28. The van der Waals surface area contributed by atoms with Crippen LogP contribution in [0.4, 0.5) is 0 Å². The second-order valence-electron chi connectivity index (χ2n) is 5.25. The van der Waals surface area contributed by atoms with E-state index in [0.29, 0.717) is 13.0 Å². The Morgan fingerprint density at radius 3 is 2.57 bits per heavy atom. The monoisotopic (exact) mass is 285 g/mol. The standard InChI is InChI=1S/C18H23NO2/c1-14(16-9-6-10-18(12-16)21-2)19-13-17(20)11-15-7-4-3-5-8-15/h3-10,12,14,17,19-20H,11,13H2,1-2H3. The predicted octanol–water partition coefficient (Wildman–Crippen LogP) is 2.95. The molecule has 2 N–H and O–H groups in total. The molecule has 3 heteroatoms. The van der Waals surface area contributed by atoms with Gasteiger partial charge >= 0.3 is 0 Å². The van der Waals surface area contributed by atoms with Crippen molar-refractivity contribution >= 4 is 0 Å². The van der Waals surface area contributed by atoms with Gasteiger partial charge in [-0.3, -0.25) is 0 Å².